The second-order valence-electron chi connectivity index (χ2n) is 8.21. The maximum Gasteiger partial charge on any atom is 0.407 e. The molecule has 8 nitrogen and oxygen atoms in total. The summed E-state index contributed by atoms with van der Waals surface area (Å²) in [4.78, 5) is 18.9. The molecule has 1 unspecified atom stereocenters. The van der Waals surface area contributed by atoms with Crippen molar-refractivity contribution in [2.45, 2.75) is 66.2 Å². The molecule has 9 heteroatoms. The summed E-state index contributed by atoms with van der Waals surface area (Å²) in [6.45, 7) is 14.8. The van der Waals surface area contributed by atoms with E-state index in [1.165, 1.54) is 0 Å². The molecule has 0 spiro atoms. The van der Waals surface area contributed by atoms with Crippen molar-refractivity contribution >= 4 is 36.0 Å². The highest BCUT2D eigenvalue weighted by molar-refractivity contribution is 14.0. The number of carbonyl (C=O) groups excluding carboxylic acids is 1. The molecular weight excluding hydrogens is 483 g/mol. The molecule has 0 aliphatic rings. The zero-order chi connectivity index (χ0) is 21.2. The summed E-state index contributed by atoms with van der Waals surface area (Å²) in [6, 6.07) is 1.94. The van der Waals surface area contributed by atoms with Gasteiger partial charge in [0.2, 0.25) is 0 Å². The molecule has 0 fully saturated rings. The zero-order valence-electron chi connectivity index (χ0n) is 18.9. The first-order valence-corrected chi connectivity index (χ1v) is 10.1. The van der Waals surface area contributed by atoms with Crippen LogP contribution in [0.1, 0.15) is 48.0 Å². The van der Waals surface area contributed by atoms with Crippen LogP contribution in [0, 0.1) is 5.92 Å². The van der Waals surface area contributed by atoms with Crippen molar-refractivity contribution in [1.82, 2.24) is 25.3 Å². The third kappa shape index (κ3) is 11.9. The Labute approximate surface area is 192 Å². The molecule has 0 bridgehead atoms. The van der Waals surface area contributed by atoms with E-state index in [1.807, 2.05) is 44.8 Å². The van der Waals surface area contributed by atoms with Crippen LogP contribution in [0.3, 0.4) is 0 Å². The number of ether oxygens (including phenoxy) is 1. The molecule has 29 heavy (non-hydrogen) atoms. The molecule has 1 atom stereocenters. The fourth-order valence-electron chi connectivity index (χ4n) is 2.63. The van der Waals surface area contributed by atoms with Gasteiger partial charge in [0.15, 0.2) is 5.96 Å². The van der Waals surface area contributed by atoms with Gasteiger partial charge in [-0.25, -0.2) is 4.79 Å². The first kappa shape index (κ1) is 27.5. The molecular formula is C20H39IN6O2. The number of carbonyl (C=O) groups is 1. The molecule has 2 N–H and O–H groups in total. The van der Waals surface area contributed by atoms with Crippen LogP contribution in [0.25, 0.3) is 0 Å². The molecule has 0 radical (unpaired) electrons. The van der Waals surface area contributed by atoms with E-state index in [-0.39, 0.29) is 36.1 Å². The quantitative estimate of drug-likeness (QED) is 0.295. The van der Waals surface area contributed by atoms with Crippen molar-refractivity contribution in [3.8, 4) is 0 Å². The van der Waals surface area contributed by atoms with Crippen molar-refractivity contribution in [2.75, 3.05) is 26.7 Å². The van der Waals surface area contributed by atoms with Gasteiger partial charge in [-0.1, -0.05) is 13.8 Å². The summed E-state index contributed by atoms with van der Waals surface area (Å²) in [5.41, 5.74) is -0.498. The Bertz CT molecular complexity index is 599. The van der Waals surface area contributed by atoms with Crippen LogP contribution in [0.15, 0.2) is 23.5 Å². The van der Waals surface area contributed by atoms with E-state index in [0.717, 1.165) is 32.0 Å². The predicted octanol–water partition coefficient (Wildman–Crippen LogP) is 3.34. The van der Waals surface area contributed by atoms with Gasteiger partial charge in [0.25, 0.3) is 0 Å². The van der Waals surface area contributed by atoms with Crippen molar-refractivity contribution < 1.29 is 9.53 Å². The van der Waals surface area contributed by atoms with Gasteiger partial charge in [0.05, 0.1) is 13.1 Å². The summed E-state index contributed by atoms with van der Waals surface area (Å²) in [5.74, 6) is 1.16. The third-order valence-electron chi connectivity index (χ3n) is 4.13. The zero-order valence-corrected chi connectivity index (χ0v) is 21.3. The van der Waals surface area contributed by atoms with Crippen LogP contribution in [0.5, 0.6) is 0 Å². The van der Waals surface area contributed by atoms with Gasteiger partial charge in [-0.15, -0.1) is 24.0 Å². The van der Waals surface area contributed by atoms with Crippen molar-refractivity contribution in [2.24, 2.45) is 10.9 Å². The Balaban J connectivity index is 0.00000784. The lowest BCUT2D eigenvalue weighted by molar-refractivity contribution is 0.0486. The first-order valence-electron chi connectivity index (χ1n) is 10.1. The number of amides is 1. The van der Waals surface area contributed by atoms with Gasteiger partial charge in [0, 0.05) is 38.6 Å². The van der Waals surface area contributed by atoms with E-state index in [4.69, 9.17) is 4.74 Å². The molecule has 1 rings (SSSR count). The number of halogens is 1. The monoisotopic (exact) mass is 522 g/mol. The number of aliphatic imine (C=N–C) groups is 1. The summed E-state index contributed by atoms with van der Waals surface area (Å²) in [5, 5.41) is 10.5. The summed E-state index contributed by atoms with van der Waals surface area (Å²) in [7, 11) is 2.01. The van der Waals surface area contributed by atoms with E-state index in [1.54, 1.807) is 6.20 Å². The Kier molecular flexibility index (Phi) is 12.9. The summed E-state index contributed by atoms with van der Waals surface area (Å²) >= 11 is 0. The minimum Gasteiger partial charge on any atom is -0.444 e. The number of alkyl carbamates (subject to hydrolysis) is 1. The standard InChI is InChI=1S/C20H38N6O2.HI/c1-8-21-18(22-12-15-26-13-9-11-23-26)25(7)14-10-17(16(2)3)24-19(27)28-20(4,5)6;/h9,11,13,16-17H,8,10,12,14-15H2,1-7H3,(H,21,22)(H,24,27);1H. The minimum atomic E-state index is -0.498. The number of nitrogens with zero attached hydrogens (tertiary/aromatic N) is 4. The molecule has 168 valence electrons. The van der Waals surface area contributed by atoms with Crippen molar-refractivity contribution in [3.63, 3.8) is 0 Å². The smallest absolute Gasteiger partial charge is 0.407 e. The topological polar surface area (TPSA) is 83.8 Å². The van der Waals surface area contributed by atoms with Crippen LogP contribution < -0.4 is 10.6 Å². The van der Waals surface area contributed by atoms with Gasteiger partial charge in [0.1, 0.15) is 5.60 Å². The Morgan fingerprint density at radius 2 is 2.03 bits per heavy atom. The lowest BCUT2D eigenvalue weighted by Crippen LogP contribution is -2.45. The van der Waals surface area contributed by atoms with E-state index in [9.17, 15) is 4.79 Å². The van der Waals surface area contributed by atoms with Crippen LogP contribution >= 0.6 is 24.0 Å². The normalized spacial score (nSPS) is 12.9. The lowest BCUT2D eigenvalue weighted by atomic mass is 10.0. The van der Waals surface area contributed by atoms with Gasteiger partial charge in [-0.05, 0) is 46.1 Å². The van der Waals surface area contributed by atoms with E-state index in [0.29, 0.717) is 12.5 Å². The average molecular weight is 522 g/mol. The second kappa shape index (κ2) is 13.7. The van der Waals surface area contributed by atoms with Gasteiger partial charge in [-0.3, -0.25) is 9.67 Å². The number of hydrogen-bond donors (Lipinski definition) is 2. The Hall–Kier alpha value is -1.52. The molecule has 0 aliphatic heterocycles. The molecule has 0 saturated heterocycles. The van der Waals surface area contributed by atoms with E-state index in [2.05, 4.69) is 46.4 Å². The van der Waals surface area contributed by atoms with E-state index < -0.39 is 5.60 Å². The molecule has 1 amide bonds. The Morgan fingerprint density at radius 3 is 2.55 bits per heavy atom. The van der Waals surface area contributed by atoms with Crippen molar-refractivity contribution in [3.05, 3.63) is 18.5 Å². The maximum absolute atomic E-state index is 12.1. The fourth-order valence-corrected chi connectivity index (χ4v) is 2.63. The highest BCUT2D eigenvalue weighted by Crippen LogP contribution is 2.11. The highest BCUT2D eigenvalue weighted by atomic mass is 127. The number of hydrogen-bond acceptors (Lipinski definition) is 4. The molecule has 1 aromatic rings. The number of guanidine groups is 1. The number of nitrogens with one attached hydrogen (secondary N) is 2. The highest BCUT2D eigenvalue weighted by Gasteiger charge is 2.22. The van der Waals surface area contributed by atoms with Crippen LogP contribution in [0.4, 0.5) is 4.79 Å². The van der Waals surface area contributed by atoms with Gasteiger partial charge >= 0.3 is 6.09 Å². The average Bonchev–Trinajstić information content (AvgIpc) is 3.09. The largest absolute Gasteiger partial charge is 0.444 e. The molecule has 0 aliphatic carbocycles. The lowest BCUT2D eigenvalue weighted by Gasteiger charge is -2.28. The molecule has 0 aromatic carbocycles. The number of aromatic nitrogens is 2. The van der Waals surface area contributed by atoms with Gasteiger partial charge < -0.3 is 20.3 Å². The molecule has 0 saturated carbocycles. The minimum absolute atomic E-state index is 0. The van der Waals surface area contributed by atoms with Crippen molar-refractivity contribution in [1.29, 1.82) is 0 Å². The number of rotatable bonds is 9. The summed E-state index contributed by atoms with van der Waals surface area (Å²) in [6.07, 6.45) is 4.14. The molecule has 1 aromatic heterocycles. The predicted molar refractivity (Wildman–Crippen MR) is 129 cm³/mol. The maximum atomic E-state index is 12.1. The summed E-state index contributed by atoms with van der Waals surface area (Å²) < 4.78 is 7.26. The SMILES string of the molecule is CCNC(=NCCn1cccn1)N(C)CCC(NC(=O)OC(C)(C)C)C(C)C.I. The van der Waals surface area contributed by atoms with Gasteiger partial charge in [-0.2, -0.15) is 5.10 Å². The van der Waals surface area contributed by atoms with Crippen LogP contribution in [-0.2, 0) is 11.3 Å². The fraction of sp³-hybridized carbons (Fsp3) is 0.750. The second-order valence-corrected chi connectivity index (χ2v) is 8.21. The van der Waals surface area contributed by atoms with E-state index >= 15 is 0 Å². The van der Waals surface area contributed by atoms with Crippen LogP contribution in [-0.4, -0.2) is 65.1 Å². The first-order chi connectivity index (χ1) is 13.1. The third-order valence-corrected chi connectivity index (χ3v) is 4.13. The van der Waals surface area contributed by atoms with Crippen LogP contribution in [0.2, 0.25) is 0 Å². The Morgan fingerprint density at radius 1 is 1.34 bits per heavy atom. The molecule has 1 heterocycles.